The highest BCUT2D eigenvalue weighted by Gasteiger charge is 2.18. The Morgan fingerprint density at radius 3 is 3.13 bits per heavy atom. The smallest absolute Gasteiger partial charge is 0.123 e. The van der Waals surface area contributed by atoms with E-state index in [0.29, 0.717) is 0 Å². The average molecular weight is 222 g/mol. The van der Waals surface area contributed by atoms with Crippen LogP contribution in [0.2, 0.25) is 0 Å². The highest BCUT2D eigenvalue weighted by molar-refractivity contribution is 7.78. The molecule has 1 aliphatic heterocycles. The van der Waals surface area contributed by atoms with Crippen LogP contribution in [0, 0.1) is 5.82 Å². The molecule has 3 rings (SSSR count). The molecule has 15 heavy (non-hydrogen) atoms. The number of aromatic nitrogens is 1. The second kappa shape index (κ2) is 3.25. The van der Waals surface area contributed by atoms with E-state index in [1.165, 1.54) is 17.3 Å². The lowest BCUT2D eigenvalue weighted by molar-refractivity contribution is 0.628. The fourth-order valence-corrected chi connectivity index (χ4v) is 2.63. The zero-order chi connectivity index (χ0) is 10.4. The molecule has 0 fully saturated rings. The van der Waals surface area contributed by atoms with E-state index in [1.54, 1.807) is 12.1 Å². The van der Waals surface area contributed by atoms with Crippen LogP contribution in [0.3, 0.4) is 0 Å². The second-order valence-corrected chi connectivity index (χ2v) is 4.23. The van der Waals surface area contributed by atoms with Crippen LogP contribution < -0.4 is 5.32 Å². The summed E-state index contributed by atoms with van der Waals surface area (Å²) in [6.45, 7) is 1.77. The van der Waals surface area contributed by atoms with Crippen molar-refractivity contribution in [2.24, 2.45) is 0 Å². The van der Waals surface area contributed by atoms with Crippen LogP contribution in [-0.4, -0.2) is 10.5 Å². The van der Waals surface area contributed by atoms with E-state index >= 15 is 0 Å². The van der Waals surface area contributed by atoms with Crippen molar-refractivity contribution in [1.29, 1.82) is 0 Å². The van der Waals surface area contributed by atoms with Gasteiger partial charge in [0.1, 0.15) is 5.82 Å². The molecule has 1 aliphatic rings. The molecule has 2 nitrogen and oxygen atoms in total. The number of benzene rings is 1. The van der Waals surface area contributed by atoms with Gasteiger partial charge < -0.3 is 5.32 Å². The van der Waals surface area contributed by atoms with E-state index in [9.17, 15) is 4.39 Å². The Hall–Kier alpha value is -1.00. The van der Waals surface area contributed by atoms with Gasteiger partial charge in [0.15, 0.2) is 0 Å². The van der Waals surface area contributed by atoms with Gasteiger partial charge in [-0.1, -0.05) is 12.8 Å². The SMILES string of the molecule is Fc1ccc2c(c1)c1c(n2S)CCNC1. The number of nitrogens with one attached hydrogen (secondary N) is 1. The summed E-state index contributed by atoms with van der Waals surface area (Å²) in [5.41, 5.74) is 3.39. The first-order valence-electron chi connectivity index (χ1n) is 4.99. The minimum Gasteiger partial charge on any atom is -0.312 e. The van der Waals surface area contributed by atoms with Gasteiger partial charge in [-0.15, -0.1) is 0 Å². The molecule has 0 bridgehead atoms. The third-order valence-electron chi connectivity index (χ3n) is 2.96. The van der Waals surface area contributed by atoms with Gasteiger partial charge in [0, 0.05) is 30.6 Å². The summed E-state index contributed by atoms with van der Waals surface area (Å²) in [5, 5.41) is 4.28. The summed E-state index contributed by atoms with van der Waals surface area (Å²) < 4.78 is 15.0. The average Bonchev–Trinajstić information content (AvgIpc) is 2.54. The van der Waals surface area contributed by atoms with Crippen molar-refractivity contribution in [3.05, 3.63) is 35.3 Å². The van der Waals surface area contributed by atoms with Crippen LogP contribution >= 0.6 is 12.8 Å². The van der Waals surface area contributed by atoms with Gasteiger partial charge in [-0.25, -0.2) is 4.39 Å². The van der Waals surface area contributed by atoms with Gasteiger partial charge in [-0.2, -0.15) is 0 Å². The van der Waals surface area contributed by atoms with E-state index in [-0.39, 0.29) is 5.82 Å². The normalized spacial score (nSPS) is 15.6. The summed E-state index contributed by atoms with van der Waals surface area (Å²) in [7, 11) is 0. The van der Waals surface area contributed by atoms with Crippen molar-refractivity contribution in [3.63, 3.8) is 0 Å². The highest BCUT2D eigenvalue weighted by Crippen LogP contribution is 2.29. The standard InChI is InChI=1S/C11H11FN2S/c12-7-1-2-10-8(5-7)9-6-13-4-3-11(9)14(10)15/h1-2,5,13,15H,3-4,6H2. The number of nitrogens with zero attached hydrogens (tertiary/aromatic N) is 1. The fraction of sp³-hybridized carbons (Fsp3) is 0.273. The molecule has 0 saturated heterocycles. The number of hydrogen-bond donors (Lipinski definition) is 2. The monoisotopic (exact) mass is 222 g/mol. The number of rotatable bonds is 0. The van der Waals surface area contributed by atoms with Crippen LogP contribution in [0.25, 0.3) is 10.9 Å². The quantitative estimate of drug-likeness (QED) is 0.653. The molecular weight excluding hydrogens is 211 g/mol. The van der Waals surface area contributed by atoms with E-state index in [4.69, 9.17) is 0 Å². The van der Waals surface area contributed by atoms with Crippen molar-refractivity contribution < 1.29 is 4.39 Å². The number of hydrogen-bond acceptors (Lipinski definition) is 2. The van der Waals surface area contributed by atoms with Crippen molar-refractivity contribution in [3.8, 4) is 0 Å². The van der Waals surface area contributed by atoms with Gasteiger partial charge in [0.2, 0.25) is 0 Å². The van der Waals surface area contributed by atoms with Crippen molar-refractivity contribution in [2.75, 3.05) is 6.54 Å². The zero-order valence-electron chi connectivity index (χ0n) is 8.13. The van der Waals surface area contributed by atoms with Crippen LogP contribution in [0.5, 0.6) is 0 Å². The van der Waals surface area contributed by atoms with Crippen molar-refractivity contribution in [1.82, 2.24) is 9.29 Å². The predicted molar refractivity (Wildman–Crippen MR) is 61.7 cm³/mol. The Morgan fingerprint density at radius 1 is 1.40 bits per heavy atom. The summed E-state index contributed by atoms with van der Waals surface area (Å²) in [5.74, 6) is -0.185. The van der Waals surface area contributed by atoms with Crippen molar-refractivity contribution >= 4 is 23.7 Å². The molecule has 0 aliphatic carbocycles. The van der Waals surface area contributed by atoms with E-state index in [1.807, 2.05) is 3.97 Å². The maximum absolute atomic E-state index is 13.2. The largest absolute Gasteiger partial charge is 0.312 e. The Bertz CT molecular complexity index is 533. The maximum Gasteiger partial charge on any atom is 0.123 e. The lowest BCUT2D eigenvalue weighted by atomic mass is 10.1. The molecule has 78 valence electrons. The molecule has 1 aromatic carbocycles. The molecule has 0 spiro atoms. The number of fused-ring (bicyclic) bond motifs is 3. The summed E-state index contributed by atoms with van der Waals surface area (Å²) >= 11 is 4.45. The van der Waals surface area contributed by atoms with Gasteiger partial charge in [0.25, 0.3) is 0 Å². The first kappa shape index (κ1) is 9.24. The third-order valence-corrected chi connectivity index (χ3v) is 3.41. The summed E-state index contributed by atoms with van der Waals surface area (Å²) in [6, 6.07) is 4.86. The Balaban J connectivity index is 2.39. The summed E-state index contributed by atoms with van der Waals surface area (Å²) in [4.78, 5) is 0. The molecule has 0 amide bonds. The molecule has 0 atom stereocenters. The summed E-state index contributed by atoms with van der Waals surface area (Å²) in [6.07, 6.45) is 0.954. The minimum absolute atomic E-state index is 0.185. The van der Waals surface area contributed by atoms with Gasteiger partial charge in [-0.05, 0) is 23.8 Å². The van der Waals surface area contributed by atoms with Crippen LogP contribution in [-0.2, 0) is 13.0 Å². The lowest BCUT2D eigenvalue weighted by Gasteiger charge is -2.14. The topological polar surface area (TPSA) is 17.0 Å². The number of thiol groups is 1. The Morgan fingerprint density at radius 2 is 2.27 bits per heavy atom. The highest BCUT2D eigenvalue weighted by atomic mass is 32.1. The molecule has 0 radical (unpaired) electrons. The van der Waals surface area contributed by atoms with Crippen molar-refractivity contribution in [2.45, 2.75) is 13.0 Å². The first-order valence-corrected chi connectivity index (χ1v) is 5.39. The Labute approximate surface area is 92.6 Å². The second-order valence-electron chi connectivity index (χ2n) is 3.83. The molecule has 0 unspecified atom stereocenters. The van der Waals surface area contributed by atoms with Gasteiger partial charge >= 0.3 is 0 Å². The maximum atomic E-state index is 13.2. The van der Waals surface area contributed by atoms with Crippen LogP contribution in [0.1, 0.15) is 11.3 Å². The van der Waals surface area contributed by atoms with Gasteiger partial charge in [0.05, 0.1) is 5.52 Å². The van der Waals surface area contributed by atoms with Gasteiger partial charge in [-0.3, -0.25) is 3.97 Å². The molecule has 1 aromatic heterocycles. The number of halogens is 1. The predicted octanol–water partition coefficient (Wildman–Crippen LogP) is 2.12. The van der Waals surface area contributed by atoms with Crippen LogP contribution in [0.15, 0.2) is 18.2 Å². The lowest BCUT2D eigenvalue weighted by Crippen LogP contribution is -2.23. The van der Waals surface area contributed by atoms with E-state index in [2.05, 4.69) is 18.1 Å². The molecule has 1 N–H and O–H groups in total. The van der Waals surface area contributed by atoms with E-state index in [0.717, 1.165) is 30.4 Å². The Kier molecular flexibility index (Phi) is 2.00. The molecular formula is C11H11FN2S. The fourth-order valence-electron chi connectivity index (χ4n) is 2.24. The first-order chi connectivity index (χ1) is 7.27. The third kappa shape index (κ3) is 1.28. The van der Waals surface area contributed by atoms with E-state index < -0.39 is 0 Å². The molecule has 4 heteroatoms. The van der Waals surface area contributed by atoms with Crippen LogP contribution in [0.4, 0.5) is 4.39 Å². The molecule has 0 saturated carbocycles. The minimum atomic E-state index is -0.185. The zero-order valence-corrected chi connectivity index (χ0v) is 9.02. The molecule has 2 aromatic rings. The molecule has 2 heterocycles.